The number of nitrogens with one attached hydrogen (secondary N) is 2. The summed E-state index contributed by atoms with van der Waals surface area (Å²) in [5.74, 6) is -0.720. The Labute approximate surface area is 142 Å². The van der Waals surface area contributed by atoms with Gasteiger partial charge in [-0.25, -0.2) is 0 Å². The largest absolute Gasteiger partial charge is 0.469 e. The van der Waals surface area contributed by atoms with Crippen LogP contribution < -0.4 is 5.32 Å². The van der Waals surface area contributed by atoms with E-state index in [1.54, 1.807) is 18.2 Å². The van der Waals surface area contributed by atoms with Gasteiger partial charge in [0.05, 0.1) is 24.2 Å². The number of ether oxygens (including phenoxy) is 1. The molecule has 0 spiro atoms. The third-order valence-electron chi connectivity index (χ3n) is 3.39. The fourth-order valence-corrected chi connectivity index (χ4v) is 2.55. The first-order valence-corrected chi connectivity index (χ1v) is 7.72. The second kappa shape index (κ2) is 7.32. The molecule has 1 aliphatic heterocycles. The topological polar surface area (TPSA) is 91.6 Å². The van der Waals surface area contributed by atoms with Crippen molar-refractivity contribution in [3.05, 3.63) is 40.9 Å². The Morgan fingerprint density at radius 3 is 2.96 bits per heavy atom. The van der Waals surface area contributed by atoms with Crippen molar-refractivity contribution in [1.82, 2.24) is 0 Å². The maximum absolute atomic E-state index is 12.3. The van der Waals surface area contributed by atoms with E-state index in [1.165, 1.54) is 13.2 Å². The number of allylic oxidation sites excluding steroid dienone is 1. The highest BCUT2D eigenvalue weighted by Crippen LogP contribution is 2.26. The number of hydrogen-bond acceptors (Lipinski definition) is 5. The molecule has 0 fully saturated rings. The van der Waals surface area contributed by atoms with Gasteiger partial charge in [-0.1, -0.05) is 22.5 Å². The molecule has 0 saturated heterocycles. The number of benzene rings is 1. The summed E-state index contributed by atoms with van der Waals surface area (Å²) in [6.07, 6.45) is 1.66. The van der Waals surface area contributed by atoms with Crippen molar-refractivity contribution >= 4 is 44.9 Å². The number of methoxy groups -OCH3 is 1. The first-order valence-electron chi connectivity index (χ1n) is 6.93. The number of fused-ring (bicyclic) bond motifs is 1. The van der Waals surface area contributed by atoms with Crippen molar-refractivity contribution in [1.29, 1.82) is 5.41 Å². The van der Waals surface area contributed by atoms with E-state index < -0.39 is 12.0 Å². The number of anilines is 1. The Kier molecular flexibility index (Phi) is 5.44. The smallest absolute Gasteiger partial charge is 0.305 e. The van der Waals surface area contributed by atoms with E-state index >= 15 is 0 Å². The molecule has 1 atom stereocenters. The van der Waals surface area contributed by atoms with Gasteiger partial charge in [0.25, 0.3) is 0 Å². The Hall–Kier alpha value is -2.28. The first-order chi connectivity index (χ1) is 11.0. The van der Waals surface area contributed by atoms with Gasteiger partial charge in [-0.15, -0.1) is 0 Å². The lowest BCUT2D eigenvalue weighted by molar-refractivity contribution is -0.140. The van der Waals surface area contributed by atoms with Gasteiger partial charge >= 0.3 is 5.97 Å². The van der Waals surface area contributed by atoms with Crippen molar-refractivity contribution < 1.29 is 14.3 Å². The normalized spacial score (nSPS) is 16.5. The number of hydrogen-bond donors (Lipinski definition) is 2. The minimum atomic E-state index is -0.768. The molecular formula is C16H16BrN3O3. The van der Waals surface area contributed by atoms with Gasteiger partial charge in [-0.3, -0.25) is 20.0 Å². The maximum Gasteiger partial charge on any atom is 0.305 e. The summed E-state index contributed by atoms with van der Waals surface area (Å²) in [4.78, 5) is 28.1. The fraction of sp³-hybridized carbons (Fsp3) is 0.250. The van der Waals surface area contributed by atoms with Crippen LogP contribution in [0.1, 0.15) is 18.4 Å². The molecule has 23 heavy (non-hydrogen) atoms. The molecule has 1 amide bonds. The highest BCUT2D eigenvalue weighted by molar-refractivity contribution is 9.10. The lowest BCUT2D eigenvalue weighted by Gasteiger charge is -2.10. The van der Waals surface area contributed by atoms with E-state index in [4.69, 9.17) is 5.41 Å². The quantitative estimate of drug-likeness (QED) is 0.610. The lowest BCUT2D eigenvalue weighted by atomic mass is 10.0. The van der Waals surface area contributed by atoms with Crippen LogP contribution in [0.4, 0.5) is 5.69 Å². The molecule has 1 aliphatic rings. The Morgan fingerprint density at radius 2 is 2.30 bits per heavy atom. The van der Waals surface area contributed by atoms with Crippen molar-refractivity contribution in [2.45, 2.75) is 18.9 Å². The number of carbonyl (C=O) groups is 2. The summed E-state index contributed by atoms with van der Waals surface area (Å²) >= 11 is 3.38. The molecule has 120 valence electrons. The van der Waals surface area contributed by atoms with Crippen molar-refractivity contribution in [2.75, 3.05) is 12.4 Å². The molecule has 0 saturated carbocycles. The first kappa shape index (κ1) is 17.1. The van der Waals surface area contributed by atoms with Crippen molar-refractivity contribution in [3.63, 3.8) is 0 Å². The summed E-state index contributed by atoms with van der Waals surface area (Å²) in [7, 11) is 1.30. The zero-order valence-electron chi connectivity index (χ0n) is 12.6. The highest BCUT2D eigenvalue weighted by Gasteiger charge is 2.26. The van der Waals surface area contributed by atoms with E-state index in [0.29, 0.717) is 17.0 Å². The zero-order valence-corrected chi connectivity index (χ0v) is 14.1. The van der Waals surface area contributed by atoms with E-state index in [9.17, 15) is 9.59 Å². The van der Waals surface area contributed by atoms with E-state index in [2.05, 4.69) is 37.6 Å². The van der Waals surface area contributed by atoms with Crippen LogP contribution >= 0.6 is 15.9 Å². The summed E-state index contributed by atoms with van der Waals surface area (Å²) in [6.45, 7) is 3.60. The van der Waals surface area contributed by atoms with Crippen LogP contribution in [0.3, 0.4) is 0 Å². The van der Waals surface area contributed by atoms with Gasteiger partial charge in [0, 0.05) is 16.5 Å². The number of benzodiazepines with no additional fused rings is 1. The van der Waals surface area contributed by atoms with Crippen LogP contribution in [-0.2, 0) is 14.3 Å². The van der Waals surface area contributed by atoms with E-state index in [0.717, 1.165) is 4.47 Å². The van der Waals surface area contributed by atoms with Crippen molar-refractivity contribution in [3.8, 4) is 0 Å². The summed E-state index contributed by atoms with van der Waals surface area (Å²) in [5, 5.41) is 10.8. The highest BCUT2D eigenvalue weighted by atomic mass is 79.9. The standard InChI is InChI=1S/C16H16BrN3O3/c1-3-11(18)15-10-8-9(17)4-5-12(10)20-16(22)13(19-15)6-7-14(21)23-2/h3-5,8,13,18H,1,6-7H2,2H3,(H,20,22)/t13-/m0/s1. The fourth-order valence-electron chi connectivity index (χ4n) is 2.19. The molecular weight excluding hydrogens is 362 g/mol. The molecule has 6 nitrogen and oxygen atoms in total. The third kappa shape index (κ3) is 3.92. The van der Waals surface area contributed by atoms with Crippen LogP contribution in [-0.4, -0.2) is 36.5 Å². The minimum Gasteiger partial charge on any atom is -0.469 e. The summed E-state index contributed by atoms with van der Waals surface area (Å²) in [5.41, 5.74) is 1.69. The molecule has 1 aromatic carbocycles. The molecule has 0 aliphatic carbocycles. The number of aliphatic imine (C=N–C) groups is 1. The number of amides is 1. The Bertz CT molecular complexity index is 713. The monoisotopic (exact) mass is 377 g/mol. The van der Waals surface area contributed by atoms with Crippen LogP contribution in [0.25, 0.3) is 0 Å². The van der Waals surface area contributed by atoms with E-state index in [-0.39, 0.29) is 24.5 Å². The molecule has 2 rings (SSSR count). The SMILES string of the molecule is C=CC(=N)C1=N[C@@H](CCC(=O)OC)C(=O)Nc2ccc(Br)cc21. The lowest BCUT2D eigenvalue weighted by Crippen LogP contribution is -2.26. The molecule has 1 aromatic rings. The van der Waals surface area contributed by atoms with Gasteiger partial charge in [0.15, 0.2) is 0 Å². The van der Waals surface area contributed by atoms with Crippen molar-refractivity contribution in [2.24, 2.45) is 4.99 Å². The van der Waals surface area contributed by atoms with Gasteiger partial charge < -0.3 is 10.1 Å². The Morgan fingerprint density at radius 1 is 1.57 bits per heavy atom. The molecule has 0 radical (unpaired) electrons. The molecule has 0 aromatic heterocycles. The van der Waals surface area contributed by atoms with Gasteiger partial charge in [-0.2, -0.15) is 0 Å². The summed E-state index contributed by atoms with van der Waals surface area (Å²) in [6, 6.07) is 4.56. The molecule has 0 unspecified atom stereocenters. The van der Waals surface area contributed by atoms with Gasteiger partial charge in [0.1, 0.15) is 6.04 Å². The third-order valence-corrected chi connectivity index (χ3v) is 3.88. The average molecular weight is 378 g/mol. The summed E-state index contributed by atoms with van der Waals surface area (Å²) < 4.78 is 5.41. The predicted octanol–water partition coefficient (Wildman–Crippen LogP) is 2.72. The van der Waals surface area contributed by atoms with Crippen LogP contribution in [0.5, 0.6) is 0 Å². The molecule has 1 heterocycles. The zero-order chi connectivity index (χ0) is 17.0. The van der Waals surface area contributed by atoms with Crippen LogP contribution in [0.2, 0.25) is 0 Å². The predicted molar refractivity (Wildman–Crippen MR) is 92.3 cm³/mol. The maximum atomic E-state index is 12.3. The van der Waals surface area contributed by atoms with Gasteiger partial charge in [0.2, 0.25) is 5.91 Å². The van der Waals surface area contributed by atoms with Gasteiger partial charge in [-0.05, 0) is 30.7 Å². The molecule has 7 heteroatoms. The number of halogens is 1. The Balaban J connectivity index is 2.43. The molecule has 0 bridgehead atoms. The number of carbonyl (C=O) groups excluding carboxylic acids is 2. The number of rotatable bonds is 5. The molecule has 2 N–H and O–H groups in total. The second-order valence-corrected chi connectivity index (χ2v) is 5.82. The minimum absolute atomic E-state index is 0.0762. The van der Waals surface area contributed by atoms with E-state index in [1.807, 2.05) is 0 Å². The number of nitrogens with zero attached hydrogens (tertiary/aromatic N) is 1. The van der Waals surface area contributed by atoms with Crippen LogP contribution in [0, 0.1) is 5.41 Å². The second-order valence-electron chi connectivity index (χ2n) is 4.91. The van der Waals surface area contributed by atoms with Crippen LogP contribution in [0.15, 0.2) is 40.3 Å². The number of esters is 1. The average Bonchev–Trinajstić information content (AvgIpc) is 2.68.